The van der Waals surface area contributed by atoms with Gasteiger partial charge >= 0.3 is 0 Å². The first-order chi connectivity index (χ1) is 13.2. The monoisotopic (exact) mass is 371 g/mol. The van der Waals surface area contributed by atoms with E-state index in [2.05, 4.69) is 32.0 Å². The van der Waals surface area contributed by atoms with E-state index in [4.69, 9.17) is 9.47 Å². The van der Waals surface area contributed by atoms with Crippen molar-refractivity contribution in [3.05, 3.63) is 36.0 Å². The van der Waals surface area contributed by atoms with Crippen molar-refractivity contribution >= 4 is 11.8 Å². The van der Waals surface area contributed by atoms with E-state index in [0.29, 0.717) is 13.2 Å². The van der Waals surface area contributed by atoms with E-state index in [9.17, 15) is 0 Å². The van der Waals surface area contributed by atoms with Crippen molar-refractivity contribution in [3.8, 4) is 11.5 Å². The van der Waals surface area contributed by atoms with Gasteiger partial charge < -0.3 is 24.6 Å². The predicted molar refractivity (Wildman–Crippen MR) is 108 cm³/mol. The molecule has 2 aromatic rings. The van der Waals surface area contributed by atoms with Crippen LogP contribution in [0.25, 0.3) is 0 Å². The lowest BCUT2D eigenvalue weighted by molar-refractivity contribution is 0.270. The van der Waals surface area contributed by atoms with Crippen LogP contribution in [0.4, 0.5) is 11.8 Å². The maximum Gasteiger partial charge on any atom is 0.227 e. The smallest absolute Gasteiger partial charge is 0.227 e. The molecule has 1 N–H and O–H groups in total. The highest BCUT2D eigenvalue weighted by Gasteiger charge is 2.18. The molecule has 27 heavy (non-hydrogen) atoms. The molecule has 0 aliphatic carbocycles. The van der Waals surface area contributed by atoms with Gasteiger partial charge in [-0.1, -0.05) is 6.92 Å². The van der Waals surface area contributed by atoms with Crippen LogP contribution in [-0.4, -0.2) is 67.9 Å². The van der Waals surface area contributed by atoms with E-state index in [1.165, 1.54) is 0 Å². The van der Waals surface area contributed by atoms with Crippen LogP contribution in [0.3, 0.4) is 0 Å². The van der Waals surface area contributed by atoms with Gasteiger partial charge in [0.2, 0.25) is 5.95 Å². The molecule has 1 aromatic heterocycles. The molecule has 7 heteroatoms. The second-order valence-electron chi connectivity index (χ2n) is 6.57. The number of nitrogens with one attached hydrogen (secondary N) is 1. The van der Waals surface area contributed by atoms with Gasteiger partial charge in [-0.3, -0.25) is 0 Å². The van der Waals surface area contributed by atoms with Crippen LogP contribution in [0.1, 0.15) is 12.6 Å². The second kappa shape index (κ2) is 9.41. The molecule has 1 aromatic carbocycles. The Kier molecular flexibility index (Phi) is 6.70. The number of nitrogens with zero attached hydrogens (tertiary/aromatic N) is 4. The van der Waals surface area contributed by atoms with Gasteiger partial charge in [-0.25, -0.2) is 4.98 Å². The van der Waals surface area contributed by atoms with E-state index < -0.39 is 0 Å². The average Bonchev–Trinajstić information content (AvgIpc) is 2.71. The van der Waals surface area contributed by atoms with Gasteiger partial charge in [0.15, 0.2) is 0 Å². The molecule has 0 spiro atoms. The van der Waals surface area contributed by atoms with Gasteiger partial charge in [-0.2, -0.15) is 4.98 Å². The van der Waals surface area contributed by atoms with E-state index in [1.54, 1.807) is 7.11 Å². The highest BCUT2D eigenvalue weighted by atomic mass is 16.5. The van der Waals surface area contributed by atoms with E-state index >= 15 is 0 Å². The van der Waals surface area contributed by atoms with E-state index in [-0.39, 0.29) is 0 Å². The van der Waals surface area contributed by atoms with Crippen molar-refractivity contribution in [1.82, 2.24) is 14.9 Å². The summed E-state index contributed by atoms with van der Waals surface area (Å²) in [7, 11) is 1.65. The number of likely N-dealkylation sites (N-methyl/N-ethyl adjacent to an activating group) is 1. The van der Waals surface area contributed by atoms with Gasteiger partial charge in [-0.05, 0) is 37.7 Å². The molecule has 1 fully saturated rings. The molecule has 7 nitrogen and oxygen atoms in total. The van der Waals surface area contributed by atoms with Gasteiger partial charge in [0.1, 0.15) is 23.9 Å². The van der Waals surface area contributed by atoms with Crippen molar-refractivity contribution in [3.63, 3.8) is 0 Å². The normalized spacial score (nSPS) is 14.9. The number of hydrogen-bond acceptors (Lipinski definition) is 7. The summed E-state index contributed by atoms with van der Waals surface area (Å²) >= 11 is 0. The molecule has 0 bridgehead atoms. The zero-order valence-electron chi connectivity index (χ0n) is 16.4. The first kappa shape index (κ1) is 19.2. The van der Waals surface area contributed by atoms with E-state index in [1.807, 2.05) is 37.3 Å². The summed E-state index contributed by atoms with van der Waals surface area (Å²) in [5, 5.41) is 3.34. The number of hydrogen-bond donors (Lipinski definition) is 1. The molecule has 146 valence electrons. The number of aryl methyl sites for hydroxylation is 1. The van der Waals surface area contributed by atoms with Crippen LogP contribution in [0.2, 0.25) is 0 Å². The molecule has 0 unspecified atom stereocenters. The maximum absolute atomic E-state index is 5.75. The third-order valence-electron chi connectivity index (χ3n) is 4.68. The Balaban J connectivity index is 1.50. The first-order valence-corrected chi connectivity index (χ1v) is 9.51. The Labute approximate surface area is 161 Å². The lowest BCUT2D eigenvalue weighted by Gasteiger charge is -2.34. The van der Waals surface area contributed by atoms with Gasteiger partial charge in [0.25, 0.3) is 0 Å². The van der Waals surface area contributed by atoms with Crippen molar-refractivity contribution in [2.75, 3.05) is 63.2 Å². The molecule has 1 aliphatic heterocycles. The second-order valence-corrected chi connectivity index (χ2v) is 6.57. The molecule has 1 aliphatic rings. The Morgan fingerprint density at radius 1 is 1.04 bits per heavy atom. The molecule has 0 radical (unpaired) electrons. The Bertz CT molecular complexity index is 715. The van der Waals surface area contributed by atoms with E-state index in [0.717, 1.165) is 61.7 Å². The highest BCUT2D eigenvalue weighted by Crippen LogP contribution is 2.18. The standard InChI is InChI=1S/C20H29N5O2/c1-4-24-10-12-25(13-11-24)20-22-16(2)15-19(23-20)21-9-14-27-18-7-5-17(26-3)6-8-18/h5-8,15H,4,9-14H2,1-3H3,(H,21,22,23). The Hall–Kier alpha value is -2.54. The predicted octanol–water partition coefficient (Wildman–Crippen LogP) is 2.43. The van der Waals surface area contributed by atoms with Crippen LogP contribution in [0.5, 0.6) is 11.5 Å². The van der Waals surface area contributed by atoms with Crippen LogP contribution in [0.15, 0.2) is 30.3 Å². The fourth-order valence-electron chi connectivity index (χ4n) is 3.07. The summed E-state index contributed by atoms with van der Waals surface area (Å²) in [4.78, 5) is 14.0. The number of benzene rings is 1. The summed E-state index contributed by atoms with van der Waals surface area (Å²) < 4.78 is 10.9. The Morgan fingerprint density at radius 3 is 2.41 bits per heavy atom. The summed E-state index contributed by atoms with van der Waals surface area (Å²) in [5.41, 5.74) is 0.969. The third-order valence-corrected chi connectivity index (χ3v) is 4.68. The van der Waals surface area contributed by atoms with Crippen LogP contribution in [0, 0.1) is 6.92 Å². The number of piperazine rings is 1. The van der Waals surface area contributed by atoms with Crippen LogP contribution in [-0.2, 0) is 0 Å². The van der Waals surface area contributed by atoms with Gasteiger partial charge in [0.05, 0.1) is 13.7 Å². The molecule has 0 amide bonds. The van der Waals surface area contributed by atoms with Crippen molar-refractivity contribution in [1.29, 1.82) is 0 Å². The molecule has 0 atom stereocenters. The maximum atomic E-state index is 5.75. The highest BCUT2D eigenvalue weighted by molar-refractivity contribution is 5.44. The summed E-state index contributed by atoms with van der Waals surface area (Å²) in [6, 6.07) is 9.56. The number of anilines is 2. The summed E-state index contributed by atoms with van der Waals surface area (Å²) in [6.07, 6.45) is 0. The number of rotatable bonds is 8. The van der Waals surface area contributed by atoms with Crippen LogP contribution >= 0.6 is 0 Å². The van der Waals surface area contributed by atoms with Gasteiger partial charge in [-0.15, -0.1) is 0 Å². The minimum atomic E-state index is 0.555. The Morgan fingerprint density at radius 2 is 1.74 bits per heavy atom. The number of aromatic nitrogens is 2. The molecule has 1 saturated heterocycles. The first-order valence-electron chi connectivity index (χ1n) is 9.51. The minimum Gasteiger partial charge on any atom is -0.497 e. The molecule has 3 rings (SSSR count). The van der Waals surface area contributed by atoms with Crippen molar-refractivity contribution < 1.29 is 9.47 Å². The zero-order chi connectivity index (χ0) is 19.1. The molecular weight excluding hydrogens is 342 g/mol. The quantitative estimate of drug-likeness (QED) is 0.715. The largest absolute Gasteiger partial charge is 0.497 e. The summed E-state index contributed by atoms with van der Waals surface area (Å²) in [5.74, 6) is 3.30. The minimum absolute atomic E-state index is 0.555. The fourth-order valence-corrected chi connectivity index (χ4v) is 3.07. The lowest BCUT2D eigenvalue weighted by Crippen LogP contribution is -2.46. The SMILES string of the molecule is CCN1CCN(c2nc(C)cc(NCCOc3ccc(OC)cc3)n2)CC1. The summed E-state index contributed by atoms with van der Waals surface area (Å²) in [6.45, 7) is 10.6. The third kappa shape index (κ3) is 5.47. The van der Waals surface area contributed by atoms with Crippen molar-refractivity contribution in [2.24, 2.45) is 0 Å². The molecule has 0 saturated carbocycles. The number of ether oxygens (including phenoxy) is 2. The fraction of sp³-hybridized carbons (Fsp3) is 0.500. The lowest BCUT2D eigenvalue weighted by atomic mass is 10.3. The van der Waals surface area contributed by atoms with Gasteiger partial charge in [0, 0.05) is 37.9 Å². The molecule has 2 heterocycles. The average molecular weight is 371 g/mol. The zero-order valence-corrected chi connectivity index (χ0v) is 16.4. The van der Waals surface area contributed by atoms with Crippen LogP contribution < -0.4 is 19.7 Å². The van der Waals surface area contributed by atoms with Crippen molar-refractivity contribution in [2.45, 2.75) is 13.8 Å². The topological polar surface area (TPSA) is 62.8 Å². The molecular formula is C20H29N5O2. The number of methoxy groups -OCH3 is 1.